The third kappa shape index (κ3) is 3.72. The highest BCUT2D eigenvalue weighted by Crippen LogP contribution is 1.94. The molecule has 0 spiro atoms. The summed E-state index contributed by atoms with van der Waals surface area (Å²) >= 11 is 0. The van der Waals surface area contributed by atoms with Gasteiger partial charge in [-0.25, -0.2) is 0 Å². The van der Waals surface area contributed by atoms with E-state index in [0.29, 0.717) is 5.89 Å². The van der Waals surface area contributed by atoms with Gasteiger partial charge in [0.05, 0.1) is 0 Å². The lowest BCUT2D eigenvalue weighted by Gasteiger charge is -1.97. The molecule has 4 nitrogen and oxygen atoms in total. The SMILES string of the molecule is C#CCCNCCc1noc(C)n1. The Kier molecular flexibility index (Phi) is 4.00. The first-order valence-electron chi connectivity index (χ1n) is 4.26. The standard InChI is InChI=1S/C9H13N3O/c1-3-4-6-10-7-5-9-11-8(2)13-12-9/h1,10H,4-7H2,2H3. The molecule has 0 radical (unpaired) electrons. The number of nitrogens with one attached hydrogen (secondary N) is 1. The molecule has 13 heavy (non-hydrogen) atoms. The maximum atomic E-state index is 5.10. The van der Waals surface area contributed by atoms with Crippen LogP contribution in [0.3, 0.4) is 0 Å². The third-order valence-corrected chi connectivity index (χ3v) is 1.54. The molecule has 0 aliphatic rings. The third-order valence-electron chi connectivity index (χ3n) is 1.54. The number of aromatic nitrogens is 2. The van der Waals surface area contributed by atoms with Gasteiger partial charge in [-0.3, -0.25) is 0 Å². The van der Waals surface area contributed by atoms with Crippen molar-refractivity contribution in [1.29, 1.82) is 0 Å². The first-order chi connectivity index (χ1) is 6.33. The number of hydrogen-bond donors (Lipinski definition) is 1. The molecule has 0 saturated heterocycles. The van der Waals surface area contributed by atoms with E-state index in [1.165, 1.54) is 0 Å². The lowest BCUT2D eigenvalue weighted by molar-refractivity contribution is 0.387. The van der Waals surface area contributed by atoms with Gasteiger partial charge in [0.1, 0.15) is 0 Å². The molecule has 1 aromatic heterocycles. The maximum absolute atomic E-state index is 5.10. The normalized spacial score (nSPS) is 9.85. The van der Waals surface area contributed by atoms with E-state index in [9.17, 15) is 0 Å². The van der Waals surface area contributed by atoms with Crippen molar-refractivity contribution < 1.29 is 4.52 Å². The van der Waals surface area contributed by atoms with Gasteiger partial charge in [-0.05, 0) is 0 Å². The molecule has 0 fully saturated rings. The van der Waals surface area contributed by atoms with Crippen molar-refractivity contribution in [2.75, 3.05) is 13.1 Å². The van der Waals surface area contributed by atoms with E-state index in [-0.39, 0.29) is 0 Å². The molecule has 0 bridgehead atoms. The van der Waals surface area contributed by atoms with Gasteiger partial charge < -0.3 is 9.84 Å². The highest BCUT2D eigenvalue weighted by Gasteiger charge is 1.99. The topological polar surface area (TPSA) is 51.0 Å². The Bertz CT molecular complexity index is 287. The minimum atomic E-state index is 0.610. The minimum Gasteiger partial charge on any atom is -0.340 e. The van der Waals surface area contributed by atoms with Crippen LogP contribution in [-0.2, 0) is 6.42 Å². The summed E-state index contributed by atoms with van der Waals surface area (Å²) in [6.45, 7) is 3.45. The molecule has 0 aliphatic heterocycles. The summed E-state index contributed by atoms with van der Waals surface area (Å²) in [6.07, 6.45) is 6.63. The Labute approximate surface area is 77.7 Å². The second-order valence-electron chi connectivity index (χ2n) is 2.68. The maximum Gasteiger partial charge on any atom is 0.223 e. The largest absolute Gasteiger partial charge is 0.340 e. The Morgan fingerprint density at radius 2 is 2.38 bits per heavy atom. The van der Waals surface area contributed by atoms with Crippen molar-refractivity contribution in [2.45, 2.75) is 19.8 Å². The molecule has 70 valence electrons. The summed E-state index contributed by atoms with van der Waals surface area (Å²) in [5, 5.41) is 6.95. The lowest BCUT2D eigenvalue weighted by Crippen LogP contribution is -2.18. The first-order valence-corrected chi connectivity index (χ1v) is 4.26. The Hall–Kier alpha value is -1.34. The van der Waals surface area contributed by atoms with E-state index in [2.05, 4.69) is 21.4 Å². The van der Waals surface area contributed by atoms with Crippen molar-refractivity contribution in [3.63, 3.8) is 0 Å². The summed E-state index contributed by atoms with van der Waals surface area (Å²) in [4.78, 5) is 4.07. The fourth-order valence-corrected chi connectivity index (χ4v) is 0.929. The highest BCUT2D eigenvalue weighted by molar-refractivity contribution is 4.86. The molecule has 1 heterocycles. The highest BCUT2D eigenvalue weighted by atomic mass is 16.5. The molecule has 0 atom stereocenters. The summed E-state index contributed by atoms with van der Waals surface area (Å²) in [7, 11) is 0. The number of aryl methyl sites for hydroxylation is 1. The van der Waals surface area contributed by atoms with Crippen LogP contribution >= 0.6 is 0 Å². The molecule has 1 rings (SSSR count). The van der Waals surface area contributed by atoms with Gasteiger partial charge in [0.25, 0.3) is 0 Å². The van der Waals surface area contributed by atoms with Crippen LogP contribution in [0.5, 0.6) is 0 Å². The van der Waals surface area contributed by atoms with Crippen molar-refractivity contribution in [2.24, 2.45) is 0 Å². The quantitative estimate of drug-likeness (QED) is 0.529. The van der Waals surface area contributed by atoms with Gasteiger partial charge in [0, 0.05) is 32.9 Å². The zero-order chi connectivity index (χ0) is 9.52. The van der Waals surface area contributed by atoms with E-state index in [1.807, 2.05) is 0 Å². The van der Waals surface area contributed by atoms with E-state index >= 15 is 0 Å². The van der Waals surface area contributed by atoms with Gasteiger partial charge in [0.15, 0.2) is 5.82 Å². The number of rotatable bonds is 5. The molecular weight excluding hydrogens is 166 g/mol. The monoisotopic (exact) mass is 179 g/mol. The molecular formula is C9H13N3O. The van der Waals surface area contributed by atoms with Crippen LogP contribution in [0.25, 0.3) is 0 Å². The summed E-state index contributed by atoms with van der Waals surface area (Å²) in [5.41, 5.74) is 0. The predicted molar refractivity (Wildman–Crippen MR) is 49.1 cm³/mol. The summed E-state index contributed by atoms with van der Waals surface area (Å²) < 4.78 is 4.82. The fraction of sp³-hybridized carbons (Fsp3) is 0.556. The van der Waals surface area contributed by atoms with Crippen molar-refractivity contribution in [3.8, 4) is 12.3 Å². The summed E-state index contributed by atoms with van der Waals surface area (Å²) in [5.74, 6) is 3.91. The number of nitrogens with zero attached hydrogens (tertiary/aromatic N) is 2. The molecule has 0 aliphatic carbocycles. The van der Waals surface area contributed by atoms with E-state index in [1.54, 1.807) is 6.92 Å². The van der Waals surface area contributed by atoms with Gasteiger partial charge in [-0.1, -0.05) is 5.16 Å². The van der Waals surface area contributed by atoms with Gasteiger partial charge in [-0.15, -0.1) is 12.3 Å². The molecule has 1 aromatic rings. The van der Waals surface area contributed by atoms with Crippen LogP contribution in [0.2, 0.25) is 0 Å². The second-order valence-corrected chi connectivity index (χ2v) is 2.68. The zero-order valence-electron chi connectivity index (χ0n) is 7.71. The summed E-state index contributed by atoms with van der Waals surface area (Å²) in [6, 6.07) is 0. The second kappa shape index (κ2) is 5.33. The smallest absolute Gasteiger partial charge is 0.223 e. The van der Waals surface area contributed by atoms with E-state index in [4.69, 9.17) is 10.9 Å². The Morgan fingerprint density at radius 1 is 1.54 bits per heavy atom. The van der Waals surface area contributed by atoms with Crippen LogP contribution in [-0.4, -0.2) is 23.2 Å². The van der Waals surface area contributed by atoms with Crippen LogP contribution in [0.4, 0.5) is 0 Å². The predicted octanol–water partition coefficient (Wildman–Crippen LogP) is 0.533. The fourth-order valence-electron chi connectivity index (χ4n) is 0.929. The number of hydrogen-bond acceptors (Lipinski definition) is 4. The first kappa shape index (κ1) is 9.75. The van der Waals surface area contributed by atoms with Crippen molar-refractivity contribution in [1.82, 2.24) is 15.5 Å². The van der Waals surface area contributed by atoms with Gasteiger partial charge in [0.2, 0.25) is 5.89 Å². The minimum absolute atomic E-state index is 0.610. The molecule has 0 saturated carbocycles. The van der Waals surface area contributed by atoms with E-state index in [0.717, 1.165) is 31.8 Å². The van der Waals surface area contributed by atoms with Crippen LogP contribution < -0.4 is 5.32 Å². The molecule has 0 aromatic carbocycles. The average Bonchev–Trinajstić information content (AvgIpc) is 2.51. The van der Waals surface area contributed by atoms with Gasteiger partial charge >= 0.3 is 0 Å². The molecule has 1 N–H and O–H groups in total. The van der Waals surface area contributed by atoms with Crippen LogP contribution in [0.1, 0.15) is 18.1 Å². The van der Waals surface area contributed by atoms with Crippen molar-refractivity contribution in [3.05, 3.63) is 11.7 Å². The van der Waals surface area contributed by atoms with Gasteiger partial charge in [-0.2, -0.15) is 4.98 Å². The zero-order valence-corrected chi connectivity index (χ0v) is 7.71. The van der Waals surface area contributed by atoms with Crippen molar-refractivity contribution >= 4 is 0 Å². The van der Waals surface area contributed by atoms with Crippen LogP contribution in [0, 0.1) is 19.3 Å². The molecule has 4 heteroatoms. The Morgan fingerprint density at radius 3 is 3.00 bits per heavy atom. The number of terminal acetylenes is 1. The lowest BCUT2D eigenvalue weighted by atomic mass is 10.4. The van der Waals surface area contributed by atoms with E-state index < -0.39 is 0 Å². The Balaban J connectivity index is 2.10. The van der Waals surface area contributed by atoms with Crippen LogP contribution in [0.15, 0.2) is 4.52 Å². The molecule has 0 amide bonds. The molecule has 0 unspecified atom stereocenters. The average molecular weight is 179 g/mol.